The van der Waals surface area contributed by atoms with Gasteiger partial charge in [-0.3, -0.25) is 4.98 Å². The fourth-order valence-electron chi connectivity index (χ4n) is 0.705. The molecule has 0 radical (unpaired) electrons. The maximum atomic E-state index is 5.38. The number of aromatic nitrogens is 1. The SMILES string of the molecule is C=C(CN)c1ccncc1. The second kappa shape index (κ2) is 3.13. The smallest absolute Gasteiger partial charge is 0.0273 e. The highest BCUT2D eigenvalue weighted by molar-refractivity contribution is 5.63. The van der Waals surface area contributed by atoms with Gasteiger partial charge >= 0.3 is 0 Å². The van der Waals surface area contributed by atoms with Crippen molar-refractivity contribution in [2.45, 2.75) is 0 Å². The average molecular weight is 134 g/mol. The second-order valence-electron chi connectivity index (χ2n) is 2.04. The molecule has 0 aliphatic heterocycles. The number of pyridine rings is 1. The second-order valence-corrected chi connectivity index (χ2v) is 2.04. The first-order chi connectivity index (χ1) is 4.84. The van der Waals surface area contributed by atoms with Crippen LogP contribution < -0.4 is 5.73 Å². The molecule has 1 rings (SSSR count). The number of hydrogen-bond donors (Lipinski definition) is 1. The standard InChI is InChI=1S/C8H10N2/c1-7(6-9)8-2-4-10-5-3-8/h2-5H,1,6,9H2. The van der Waals surface area contributed by atoms with Crippen molar-refractivity contribution in [2.24, 2.45) is 5.73 Å². The number of nitrogens with two attached hydrogens (primary N) is 1. The molecule has 1 heterocycles. The van der Waals surface area contributed by atoms with Crippen molar-refractivity contribution in [3.63, 3.8) is 0 Å². The van der Waals surface area contributed by atoms with Crippen molar-refractivity contribution < 1.29 is 0 Å². The van der Waals surface area contributed by atoms with Crippen LogP contribution in [0.5, 0.6) is 0 Å². The fourth-order valence-corrected chi connectivity index (χ4v) is 0.705. The molecule has 0 aromatic carbocycles. The Labute approximate surface area is 60.4 Å². The third-order valence-electron chi connectivity index (χ3n) is 1.33. The molecule has 0 unspecified atom stereocenters. The van der Waals surface area contributed by atoms with Gasteiger partial charge in [-0.25, -0.2) is 0 Å². The molecular weight excluding hydrogens is 124 g/mol. The predicted octanol–water partition coefficient (Wildman–Crippen LogP) is 1.05. The summed E-state index contributed by atoms with van der Waals surface area (Å²) < 4.78 is 0. The van der Waals surface area contributed by atoms with Crippen LogP contribution in [0.15, 0.2) is 31.1 Å². The summed E-state index contributed by atoms with van der Waals surface area (Å²) in [5, 5.41) is 0. The molecule has 10 heavy (non-hydrogen) atoms. The summed E-state index contributed by atoms with van der Waals surface area (Å²) in [5.41, 5.74) is 7.40. The van der Waals surface area contributed by atoms with E-state index in [1.807, 2.05) is 12.1 Å². The van der Waals surface area contributed by atoms with E-state index in [-0.39, 0.29) is 0 Å². The van der Waals surface area contributed by atoms with Crippen LogP contribution in [0.4, 0.5) is 0 Å². The summed E-state index contributed by atoms with van der Waals surface area (Å²) in [6.07, 6.45) is 3.46. The van der Waals surface area contributed by atoms with Gasteiger partial charge in [0.2, 0.25) is 0 Å². The largest absolute Gasteiger partial charge is 0.326 e. The van der Waals surface area contributed by atoms with E-state index in [1.54, 1.807) is 12.4 Å². The normalized spacial score (nSPS) is 9.30. The molecule has 0 bridgehead atoms. The van der Waals surface area contributed by atoms with E-state index in [0.29, 0.717) is 6.54 Å². The highest BCUT2D eigenvalue weighted by Gasteiger charge is 1.92. The molecule has 0 spiro atoms. The van der Waals surface area contributed by atoms with Crippen LogP contribution >= 0.6 is 0 Å². The van der Waals surface area contributed by atoms with Crippen LogP contribution in [0.1, 0.15) is 5.56 Å². The van der Waals surface area contributed by atoms with Crippen LogP contribution in [0.25, 0.3) is 5.57 Å². The van der Waals surface area contributed by atoms with Gasteiger partial charge in [0.25, 0.3) is 0 Å². The van der Waals surface area contributed by atoms with Gasteiger partial charge in [-0.2, -0.15) is 0 Å². The van der Waals surface area contributed by atoms with Gasteiger partial charge in [-0.05, 0) is 23.3 Å². The van der Waals surface area contributed by atoms with Gasteiger partial charge in [0.15, 0.2) is 0 Å². The quantitative estimate of drug-likeness (QED) is 0.656. The van der Waals surface area contributed by atoms with Gasteiger partial charge in [0.05, 0.1) is 0 Å². The predicted molar refractivity (Wildman–Crippen MR) is 42.3 cm³/mol. The molecule has 0 amide bonds. The van der Waals surface area contributed by atoms with Gasteiger partial charge in [0.1, 0.15) is 0 Å². The van der Waals surface area contributed by atoms with E-state index in [0.717, 1.165) is 11.1 Å². The lowest BCUT2D eigenvalue weighted by atomic mass is 10.1. The molecule has 0 aliphatic rings. The highest BCUT2D eigenvalue weighted by Crippen LogP contribution is 2.07. The Morgan fingerprint density at radius 1 is 1.50 bits per heavy atom. The molecule has 1 aromatic rings. The summed E-state index contributed by atoms with van der Waals surface area (Å²) in [6.45, 7) is 4.29. The highest BCUT2D eigenvalue weighted by atomic mass is 14.6. The summed E-state index contributed by atoms with van der Waals surface area (Å²) in [5.74, 6) is 0. The third-order valence-corrected chi connectivity index (χ3v) is 1.33. The molecule has 2 nitrogen and oxygen atoms in total. The fraction of sp³-hybridized carbons (Fsp3) is 0.125. The van der Waals surface area contributed by atoms with Gasteiger partial charge < -0.3 is 5.73 Å². The molecule has 52 valence electrons. The molecule has 2 heteroatoms. The van der Waals surface area contributed by atoms with Crippen molar-refractivity contribution in [3.8, 4) is 0 Å². The van der Waals surface area contributed by atoms with Crippen molar-refractivity contribution in [2.75, 3.05) is 6.54 Å². The van der Waals surface area contributed by atoms with E-state index in [1.165, 1.54) is 0 Å². The zero-order chi connectivity index (χ0) is 7.40. The van der Waals surface area contributed by atoms with Crippen molar-refractivity contribution in [1.82, 2.24) is 4.98 Å². The monoisotopic (exact) mass is 134 g/mol. The van der Waals surface area contributed by atoms with E-state index < -0.39 is 0 Å². The Morgan fingerprint density at radius 2 is 2.10 bits per heavy atom. The maximum absolute atomic E-state index is 5.38. The lowest BCUT2D eigenvalue weighted by molar-refractivity contribution is 1.25. The minimum atomic E-state index is 0.504. The van der Waals surface area contributed by atoms with Crippen LogP contribution in [-0.4, -0.2) is 11.5 Å². The Bertz CT molecular complexity index is 216. The van der Waals surface area contributed by atoms with Crippen LogP contribution in [-0.2, 0) is 0 Å². The Hall–Kier alpha value is -1.15. The van der Waals surface area contributed by atoms with Crippen molar-refractivity contribution >= 4 is 5.57 Å². The minimum absolute atomic E-state index is 0.504. The molecular formula is C8H10N2. The van der Waals surface area contributed by atoms with Crippen molar-refractivity contribution in [1.29, 1.82) is 0 Å². The summed E-state index contributed by atoms with van der Waals surface area (Å²) >= 11 is 0. The van der Waals surface area contributed by atoms with E-state index in [2.05, 4.69) is 11.6 Å². The molecule has 0 atom stereocenters. The average Bonchev–Trinajstić information content (AvgIpc) is 2.05. The van der Waals surface area contributed by atoms with Crippen molar-refractivity contribution in [3.05, 3.63) is 36.7 Å². The third kappa shape index (κ3) is 1.42. The molecule has 0 saturated heterocycles. The zero-order valence-corrected chi connectivity index (χ0v) is 5.75. The van der Waals surface area contributed by atoms with Crippen LogP contribution in [0, 0.1) is 0 Å². The van der Waals surface area contributed by atoms with E-state index in [9.17, 15) is 0 Å². The molecule has 0 saturated carbocycles. The first-order valence-corrected chi connectivity index (χ1v) is 3.13. The molecule has 0 fully saturated rings. The first-order valence-electron chi connectivity index (χ1n) is 3.13. The Kier molecular flexibility index (Phi) is 2.18. The summed E-state index contributed by atoms with van der Waals surface area (Å²) in [6, 6.07) is 3.80. The molecule has 0 aliphatic carbocycles. The first kappa shape index (κ1) is 6.96. The van der Waals surface area contributed by atoms with Crippen LogP contribution in [0.2, 0.25) is 0 Å². The topological polar surface area (TPSA) is 38.9 Å². The van der Waals surface area contributed by atoms with Gasteiger partial charge in [-0.15, -0.1) is 0 Å². The van der Waals surface area contributed by atoms with Gasteiger partial charge in [0, 0.05) is 18.9 Å². The number of hydrogen-bond acceptors (Lipinski definition) is 2. The maximum Gasteiger partial charge on any atom is 0.0273 e. The summed E-state index contributed by atoms with van der Waals surface area (Å²) in [4.78, 5) is 3.88. The number of nitrogens with zero attached hydrogens (tertiary/aromatic N) is 1. The molecule has 2 N–H and O–H groups in total. The Balaban J connectivity index is 2.85. The Morgan fingerprint density at radius 3 is 2.60 bits per heavy atom. The number of rotatable bonds is 2. The lowest BCUT2D eigenvalue weighted by Gasteiger charge is -1.99. The summed E-state index contributed by atoms with van der Waals surface area (Å²) in [7, 11) is 0. The van der Waals surface area contributed by atoms with E-state index >= 15 is 0 Å². The lowest BCUT2D eigenvalue weighted by Crippen LogP contribution is -2.00. The molecule has 1 aromatic heterocycles. The van der Waals surface area contributed by atoms with Crippen LogP contribution in [0.3, 0.4) is 0 Å². The van der Waals surface area contributed by atoms with E-state index in [4.69, 9.17) is 5.73 Å². The minimum Gasteiger partial charge on any atom is -0.326 e. The van der Waals surface area contributed by atoms with Gasteiger partial charge in [-0.1, -0.05) is 6.58 Å². The zero-order valence-electron chi connectivity index (χ0n) is 5.75.